The molecule has 0 spiro atoms. The summed E-state index contributed by atoms with van der Waals surface area (Å²) in [6.07, 6.45) is 5.47. The minimum Gasteiger partial charge on any atom is -0.378 e. The Kier molecular flexibility index (Phi) is 4.28. The SMILES string of the molecule is Cc1nn(C)c(N2CCOCC2)c1CNC1CCCc2cn[nH]c21. The van der Waals surface area contributed by atoms with Crippen LogP contribution in [-0.2, 0) is 24.8 Å². The number of nitrogens with zero attached hydrogens (tertiary/aromatic N) is 4. The van der Waals surface area contributed by atoms with Gasteiger partial charge in [0.15, 0.2) is 0 Å². The maximum atomic E-state index is 5.50. The average Bonchev–Trinajstić information content (AvgIpc) is 3.18. The molecule has 1 aliphatic carbocycles. The third-order valence-electron chi connectivity index (χ3n) is 5.19. The second kappa shape index (κ2) is 6.57. The van der Waals surface area contributed by atoms with Crippen LogP contribution in [-0.4, -0.2) is 46.3 Å². The first-order valence-electron chi connectivity index (χ1n) is 8.84. The number of nitrogens with one attached hydrogen (secondary N) is 2. The Morgan fingerprint density at radius 1 is 1.38 bits per heavy atom. The van der Waals surface area contributed by atoms with E-state index < -0.39 is 0 Å². The number of hydrogen-bond acceptors (Lipinski definition) is 5. The molecular formula is C17H26N6O. The van der Waals surface area contributed by atoms with E-state index in [9.17, 15) is 0 Å². The van der Waals surface area contributed by atoms with Gasteiger partial charge in [-0.25, -0.2) is 0 Å². The van der Waals surface area contributed by atoms with Gasteiger partial charge in [-0.05, 0) is 31.7 Å². The molecule has 0 radical (unpaired) electrons. The number of aryl methyl sites for hydroxylation is 3. The van der Waals surface area contributed by atoms with Crippen molar-refractivity contribution in [2.24, 2.45) is 7.05 Å². The van der Waals surface area contributed by atoms with E-state index in [0.29, 0.717) is 6.04 Å². The first-order valence-corrected chi connectivity index (χ1v) is 8.84. The number of H-pyrrole nitrogens is 1. The lowest BCUT2D eigenvalue weighted by atomic mass is 9.93. The molecule has 3 heterocycles. The molecule has 7 heteroatoms. The maximum absolute atomic E-state index is 5.50. The van der Waals surface area contributed by atoms with E-state index in [2.05, 4.69) is 32.4 Å². The Labute approximate surface area is 142 Å². The molecule has 0 bridgehead atoms. The molecular weight excluding hydrogens is 304 g/mol. The third kappa shape index (κ3) is 2.82. The molecule has 2 N–H and O–H groups in total. The van der Waals surface area contributed by atoms with Crippen molar-refractivity contribution in [1.82, 2.24) is 25.3 Å². The highest BCUT2D eigenvalue weighted by Crippen LogP contribution is 2.29. The van der Waals surface area contributed by atoms with E-state index in [0.717, 1.165) is 51.4 Å². The van der Waals surface area contributed by atoms with Gasteiger partial charge < -0.3 is 15.0 Å². The van der Waals surface area contributed by atoms with Crippen LogP contribution in [0.2, 0.25) is 0 Å². The number of aromatic nitrogens is 4. The predicted molar refractivity (Wildman–Crippen MR) is 92.1 cm³/mol. The Morgan fingerprint density at radius 2 is 2.21 bits per heavy atom. The topological polar surface area (TPSA) is 71.0 Å². The molecule has 1 fully saturated rings. The molecule has 2 aromatic rings. The Morgan fingerprint density at radius 3 is 3.04 bits per heavy atom. The van der Waals surface area contributed by atoms with Gasteiger partial charge in [0.1, 0.15) is 5.82 Å². The van der Waals surface area contributed by atoms with Crippen LogP contribution in [0, 0.1) is 6.92 Å². The van der Waals surface area contributed by atoms with Crippen LogP contribution in [0.1, 0.15) is 41.4 Å². The minimum atomic E-state index is 0.355. The average molecular weight is 330 g/mol. The monoisotopic (exact) mass is 330 g/mol. The Balaban J connectivity index is 1.53. The fraction of sp³-hybridized carbons (Fsp3) is 0.647. The van der Waals surface area contributed by atoms with Gasteiger partial charge in [0.2, 0.25) is 0 Å². The van der Waals surface area contributed by atoms with E-state index in [1.54, 1.807) is 0 Å². The highest BCUT2D eigenvalue weighted by molar-refractivity contribution is 5.50. The zero-order valence-corrected chi connectivity index (χ0v) is 14.5. The lowest BCUT2D eigenvalue weighted by Gasteiger charge is -2.30. The summed E-state index contributed by atoms with van der Waals surface area (Å²) in [5.41, 5.74) is 5.02. The van der Waals surface area contributed by atoms with Crippen LogP contribution in [0.4, 0.5) is 5.82 Å². The summed E-state index contributed by atoms with van der Waals surface area (Å²) in [7, 11) is 2.04. The molecule has 1 atom stereocenters. The molecule has 24 heavy (non-hydrogen) atoms. The molecule has 0 aromatic carbocycles. The zero-order valence-electron chi connectivity index (χ0n) is 14.5. The number of hydrogen-bond donors (Lipinski definition) is 2. The van der Waals surface area contributed by atoms with Crippen LogP contribution < -0.4 is 10.2 Å². The number of anilines is 1. The molecule has 0 saturated carbocycles. The fourth-order valence-corrected chi connectivity index (χ4v) is 3.96. The number of rotatable bonds is 4. The first kappa shape index (κ1) is 15.7. The largest absolute Gasteiger partial charge is 0.378 e. The van der Waals surface area contributed by atoms with E-state index in [-0.39, 0.29) is 0 Å². The van der Waals surface area contributed by atoms with Crippen molar-refractivity contribution in [3.8, 4) is 0 Å². The van der Waals surface area contributed by atoms with E-state index in [1.807, 2.05) is 17.9 Å². The van der Waals surface area contributed by atoms with Gasteiger partial charge in [-0.1, -0.05) is 0 Å². The maximum Gasteiger partial charge on any atom is 0.131 e. The Bertz CT molecular complexity index is 700. The van der Waals surface area contributed by atoms with Crippen LogP contribution in [0.25, 0.3) is 0 Å². The summed E-state index contributed by atoms with van der Waals surface area (Å²) in [6, 6.07) is 0.355. The zero-order chi connectivity index (χ0) is 16.5. The van der Waals surface area contributed by atoms with E-state index in [1.165, 1.54) is 29.1 Å². The minimum absolute atomic E-state index is 0.355. The third-order valence-corrected chi connectivity index (χ3v) is 5.19. The summed E-state index contributed by atoms with van der Waals surface area (Å²) < 4.78 is 7.51. The molecule has 7 nitrogen and oxygen atoms in total. The number of ether oxygens (including phenoxy) is 1. The van der Waals surface area contributed by atoms with Crippen molar-refractivity contribution in [3.05, 3.63) is 28.7 Å². The van der Waals surface area contributed by atoms with Crippen molar-refractivity contribution < 1.29 is 4.74 Å². The van der Waals surface area contributed by atoms with Crippen molar-refractivity contribution in [3.63, 3.8) is 0 Å². The van der Waals surface area contributed by atoms with Crippen LogP contribution >= 0.6 is 0 Å². The van der Waals surface area contributed by atoms with Gasteiger partial charge in [-0.2, -0.15) is 10.2 Å². The lowest BCUT2D eigenvalue weighted by molar-refractivity contribution is 0.122. The van der Waals surface area contributed by atoms with Gasteiger partial charge >= 0.3 is 0 Å². The number of fused-ring (bicyclic) bond motifs is 1. The van der Waals surface area contributed by atoms with Gasteiger partial charge in [-0.15, -0.1) is 0 Å². The van der Waals surface area contributed by atoms with Crippen molar-refractivity contribution >= 4 is 5.82 Å². The molecule has 1 saturated heterocycles. The van der Waals surface area contributed by atoms with Crippen molar-refractivity contribution in [2.45, 2.75) is 38.8 Å². The molecule has 130 valence electrons. The normalized spacial score (nSPS) is 21.1. The van der Waals surface area contributed by atoms with Gasteiger partial charge in [0, 0.05) is 38.3 Å². The predicted octanol–water partition coefficient (Wildman–Crippen LogP) is 1.46. The second-order valence-corrected chi connectivity index (χ2v) is 6.75. The van der Waals surface area contributed by atoms with Crippen molar-refractivity contribution in [1.29, 1.82) is 0 Å². The highest BCUT2D eigenvalue weighted by Gasteiger charge is 2.25. The standard InChI is InChI=1S/C17H26N6O/c1-12-14(17(22(2)21-12)23-6-8-24-9-7-23)11-18-15-5-3-4-13-10-19-20-16(13)15/h10,15,18H,3-9,11H2,1-2H3,(H,19,20). The van der Waals surface area contributed by atoms with Crippen LogP contribution in [0.15, 0.2) is 6.20 Å². The molecule has 2 aromatic heterocycles. The van der Waals surface area contributed by atoms with E-state index in [4.69, 9.17) is 4.74 Å². The smallest absolute Gasteiger partial charge is 0.131 e. The second-order valence-electron chi connectivity index (χ2n) is 6.75. The molecule has 1 unspecified atom stereocenters. The van der Waals surface area contributed by atoms with Gasteiger partial charge in [-0.3, -0.25) is 9.78 Å². The Hall–Kier alpha value is -1.86. The molecule has 0 amide bonds. The summed E-state index contributed by atoms with van der Waals surface area (Å²) in [4.78, 5) is 2.39. The summed E-state index contributed by atoms with van der Waals surface area (Å²) >= 11 is 0. The van der Waals surface area contributed by atoms with Crippen molar-refractivity contribution in [2.75, 3.05) is 31.2 Å². The fourth-order valence-electron chi connectivity index (χ4n) is 3.96. The van der Waals surface area contributed by atoms with Crippen LogP contribution in [0.5, 0.6) is 0 Å². The van der Waals surface area contributed by atoms with Crippen LogP contribution in [0.3, 0.4) is 0 Å². The quantitative estimate of drug-likeness (QED) is 0.888. The highest BCUT2D eigenvalue weighted by atomic mass is 16.5. The number of morpholine rings is 1. The summed E-state index contributed by atoms with van der Waals surface area (Å²) in [5, 5.41) is 15.8. The molecule has 1 aliphatic heterocycles. The lowest BCUT2D eigenvalue weighted by Crippen LogP contribution is -2.38. The van der Waals surface area contributed by atoms with E-state index >= 15 is 0 Å². The molecule has 2 aliphatic rings. The summed E-state index contributed by atoms with van der Waals surface area (Å²) in [6.45, 7) is 6.37. The molecule has 4 rings (SSSR count). The summed E-state index contributed by atoms with van der Waals surface area (Å²) in [5.74, 6) is 1.23. The van der Waals surface area contributed by atoms with Gasteiger partial charge in [0.05, 0.1) is 30.8 Å². The van der Waals surface area contributed by atoms with Gasteiger partial charge in [0.25, 0.3) is 0 Å². The first-order chi connectivity index (χ1) is 11.7. The number of aromatic amines is 1.